The summed E-state index contributed by atoms with van der Waals surface area (Å²) in [7, 11) is 3.48. The maximum Gasteiger partial charge on any atom is 0.450 e. The third-order valence-corrected chi connectivity index (χ3v) is 2.75. The van der Waals surface area contributed by atoms with Crippen molar-refractivity contribution >= 4 is 15.2 Å². The fraction of sp³-hybridized carbons (Fsp3) is 0.667. The van der Waals surface area contributed by atoms with Crippen LogP contribution >= 0.6 is 7.59 Å². The molecule has 0 aliphatic heterocycles. The van der Waals surface area contributed by atoms with Crippen LogP contribution in [0.15, 0.2) is 12.4 Å². The van der Waals surface area contributed by atoms with Gasteiger partial charge in [-0.05, 0) is 13.8 Å². The van der Waals surface area contributed by atoms with E-state index in [0.29, 0.717) is 13.2 Å². The van der Waals surface area contributed by atoms with Crippen molar-refractivity contribution < 1.29 is 9.05 Å². The van der Waals surface area contributed by atoms with E-state index in [-0.39, 0.29) is 0 Å². The van der Waals surface area contributed by atoms with Gasteiger partial charge in [0, 0.05) is 0 Å². The summed E-state index contributed by atoms with van der Waals surface area (Å²) in [6.45, 7) is 8.43. The number of hydrogen-bond acceptors (Lipinski definition) is 2. The van der Waals surface area contributed by atoms with E-state index in [2.05, 4.69) is 6.58 Å². The Balaban J connectivity index is 3.81. The van der Waals surface area contributed by atoms with E-state index in [1.54, 1.807) is 5.82 Å². The van der Waals surface area contributed by atoms with Crippen molar-refractivity contribution in [2.75, 3.05) is 13.2 Å². The second-order valence-corrected chi connectivity index (χ2v) is 3.84. The predicted molar refractivity (Wildman–Crippen MR) is 46.1 cm³/mol. The maximum atomic E-state index is 5.67. The van der Waals surface area contributed by atoms with Crippen molar-refractivity contribution in [1.82, 2.24) is 0 Å². The molecule has 10 heavy (non-hydrogen) atoms. The lowest BCUT2D eigenvalue weighted by atomic mass is 10.8. The SMILES string of the molecule is [B][P+](C=C)(OCC)OCC. The fourth-order valence-electron chi connectivity index (χ4n) is 0.546. The van der Waals surface area contributed by atoms with Gasteiger partial charge in [-0.25, -0.2) is 9.05 Å². The molecule has 0 aliphatic carbocycles. The number of rotatable bonds is 5. The molecule has 0 heterocycles. The molecule has 0 unspecified atom stereocenters. The van der Waals surface area contributed by atoms with Gasteiger partial charge in [-0.3, -0.25) is 0 Å². The van der Waals surface area contributed by atoms with Gasteiger partial charge >= 0.3 is 7.57 Å². The van der Waals surface area contributed by atoms with Gasteiger partial charge in [-0.2, -0.15) is 0 Å². The predicted octanol–water partition coefficient (Wildman–Crippen LogP) is 2.13. The first kappa shape index (κ1) is 10.2. The first-order valence-electron chi connectivity index (χ1n) is 3.28. The summed E-state index contributed by atoms with van der Waals surface area (Å²) < 4.78 is 10.3. The normalized spacial score (nSPS) is 11.4. The van der Waals surface area contributed by atoms with E-state index in [9.17, 15) is 0 Å². The van der Waals surface area contributed by atoms with Crippen molar-refractivity contribution in [2.45, 2.75) is 13.8 Å². The molecule has 0 spiro atoms. The summed E-state index contributed by atoms with van der Waals surface area (Å²) in [5, 5.41) is 0. The van der Waals surface area contributed by atoms with Gasteiger partial charge in [-0.1, -0.05) is 6.58 Å². The van der Waals surface area contributed by atoms with Gasteiger partial charge in [0.15, 0.2) is 0 Å². The highest BCUT2D eigenvalue weighted by atomic mass is 31.2. The topological polar surface area (TPSA) is 18.5 Å². The Bertz CT molecular complexity index is 102. The molecule has 0 saturated carbocycles. The molecule has 0 aromatic rings. The lowest BCUT2D eigenvalue weighted by Crippen LogP contribution is -1.99. The monoisotopic (exact) mass is 159 g/mol. The summed E-state index contributed by atoms with van der Waals surface area (Å²) in [4.78, 5) is 0. The largest absolute Gasteiger partial charge is 0.450 e. The average Bonchev–Trinajstić information content (AvgIpc) is 1.89. The van der Waals surface area contributed by atoms with Crippen molar-refractivity contribution in [2.24, 2.45) is 0 Å². The Hall–Kier alpha value is 0.155. The van der Waals surface area contributed by atoms with Crippen LogP contribution in [0.2, 0.25) is 0 Å². The minimum absolute atomic E-state index is 0.566. The molecule has 0 aromatic heterocycles. The third-order valence-electron chi connectivity index (χ3n) is 0.916. The minimum atomic E-state index is -2.19. The third kappa shape index (κ3) is 3.36. The van der Waals surface area contributed by atoms with E-state index in [1.165, 1.54) is 0 Å². The van der Waals surface area contributed by atoms with E-state index in [0.717, 1.165) is 0 Å². The maximum absolute atomic E-state index is 5.67. The zero-order valence-electron chi connectivity index (χ0n) is 6.54. The Labute approximate surface area is 64.5 Å². The highest BCUT2D eigenvalue weighted by Gasteiger charge is 2.30. The Morgan fingerprint density at radius 2 is 1.80 bits per heavy atom. The summed E-state index contributed by atoms with van der Waals surface area (Å²) in [5.74, 6) is 1.56. The molecule has 0 saturated heterocycles. The molecule has 0 atom stereocenters. The quantitative estimate of drug-likeness (QED) is 0.451. The fourth-order valence-corrected chi connectivity index (χ4v) is 1.64. The van der Waals surface area contributed by atoms with Gasteiger partial charge in [-0.15, -0.1) is 0 Å². The molecule has 0 N–H and O–H groups in total. The molecule has 0 rings (SSSR count). The standard InChI is InChI=1S/C6H13BO2P/c1-4-8-10(7,6-3)9-5-2/h6H,3-5H2,1-2H3/q+1. The van der Waals surface area contributed by atoms with Crippen molar-refractivity contribution in [3.8, 4) is 0 Å². The van der Waals surface area contributed by atoms with Crippen LogP contribution in [-0.4, -0.2) is 20.8 Å². The van der Waals surface area contributed by atoms with Crippen LogP contribution < -0.4 is 0 Å². The highest BCUT2D eigenvalue weighted by molar-refractivity contribution is 7.92. The van der Waals surface area contributed by atoms with E-state index in [1.807, 2.05) is 13.8 Å². The van der Waals surface area contributed by atoms with Gasteiger partial charge < -0.3 is 0 Å². The van der Waals surface area contributed by atoms with Crippen LogP contribution in [0.3, 0.4) is 0 Å². The molecule has 0 aromatic carbocycles. The van der Waals surface area contributed by atoms with Gasteiger partial charge in [0.2, 0.25) is 7.59 Å². The van der Waals surface area contributed by atoms with E-state index < -0.39 is 7.59 Å². The second-order valence-electron chi connectivity index (χ2n) is 1.66. The number of hydrogen-bond donors (Lipinski definition) is 0. The molecule has 56 valence electrons. The first-order valence-corrected chi connectivity index (χ1v) is 5.04. The smallest absolute Gasteiger partial charge is 0.222 e. The van der Waals surface area contributed by atoms with Crippen molar-refractivity contribution in [3.05, 3.63) is 12.4 Å². The van der Waals surface area contributed by atoms with Gasteiger partial charge in [0.1, 0.15) is 0 Å². The average molecular weight is 159 g/mol. The zero-order chi connectivity index (χ0) is 8.04. The van der Waals surface area contributed by atoms with Crippen LogP contribution in [0.4, 0.5) is 0 Å². The van der Waals surface area contributed by atoms with E-state index >= 15 is 0 Å². The highest BCUT2D eigenvalue weighted by Crippen LogP contribution is 2.57. The molecular formula is C6H13BO2P+. The summed E-state index contributed by atoms with van der Waals surface area (Å²) in [6.07, 6.45) is 0. The molecular weight excluding hydrogens is 146 g/mol. The molecule has 0 amide bonds. The Morgan fingerprint density at radius 1 is 1.40 bits per heavy atom. The minimum Gasteiger partial charge on any atom is -0.222 e. The summed E-state index contributed by atoms with van der Waals surface area (Å²) >= 11 is 0. The lowest BCUT2D eigenvalue weighted by Gasteiger charge is -2.14. The van der Waals surface area contributed by atoms with Crippen LogP contribution in [0.1, 0.15) is 13.8 Å². The first-order chi connectivity index (χ1) is 4.68. The molecule has 0 bridgehead atoms. The molecule has 2 nitrogen and oxygen atoms in total. The van der Waals surface area contributed by atoms with Crippen LogP contribution in [0.25, 0.3) is 0 Å². The van der Waals surface area contributed by atoms with Crippen LogP contribution in [-0.2, 0) is 9.05 Å². The molecule has 0 fully saturated rings. The van der Waals surface area contributed by atoms with Gasteiger partial charge in [0.25, 0.3) is 0 Å². The van der Waals surface area contributed by atoms with Crippen molar-refractivity contribution in [1.29, 1.82) is 0 Å². The Kier molecular flexibility index (Phi) is 4.97. The molecule has 2 radical (unpaired) electrons. The zero-order valence-corrected chi connectivity index (χ0v) is 7.43. The lowest BCUT2D eigenvalue weighted by molar-refractivity contribution is 0.270. The summed E-state index contributed by atoms with van der Waals surface area (Å²) in [6, 6.07) is 0. The second kappa shape index (κ2) is 4.89. The Morgan fingerprint density at radius 3 is 2.00 bits per heavy atom. The van der Waals surface area contributed by atoms with E-state index in [4.69, 9.17) is 16.6 Å². The van der Waals surface area contributed by atoms with Crippen LogP contribution in [0.5, 0.6) is 0 Å². The molecule has 4 heteroatoms. The molecule has 0 aliphatic rings. The van der Waals surface area contributed by atoms with Gasteiger partial charge in [0.05, 0.1) is 19.0 Å². The van der Waals surface area contributed by atoms with Crippen molar-refractivity contribution in [3.63, 3.8) is 0 Å². The van der Waals surface area contributed by atoms with Crippen LogP contribution in [0, 0.1) is 0 Å². The summed E-state index contributed by atoms with van der Waals surface area (Å²) in [5.41, 5.74) is 0.